The molecule has 1 heterocycles. The van der Waals surface area contributed by atoms with E-state index in [1.165, 1.54) is 26.4 Å². The van der Waals surface area contributed by atoms with E-state index >= 15 is 0 Å². The topological polar surface area (TPSA) is 72.0 Å². The standard InChI is InChI=1S/C20H23F3N2O4/c1-4-29-12-6-7-13(14(26)10-12)18-17(19(25-24-18)20(21,22)23)11-5-8-15(27-2)16(9-11)28-3/h5-10,17-19,24-26H,4H2,1-3H3. The highest BCUT2D eigenvalue weighted by atomic mass is 19.4. The van der Waals surface area contributed by atoms with Crippen LogP contribution < -0.4 is 25.1 Å². The van der Waals surface area contributed by atoms with Crippen molar-refractivity contribution in [1.82, 2.24) is 10.9 Å². The number of phenols is 1. The van der Waals surface area contributed by atoms with E-state index in [0.717, 1.165) is 0 Å². The molecular weight excluding hydrogens is 389 g/mol. The van der Waals surface area contributed by atoms with Crippen LogP contribution in [0.4, 0.5) is 13.2 Å². The van der Waals surface area contributed by atoms with Gasteiger partial charge in [0, 0.05) is 17.5 Å². The molecule has 1 aliphatic rings. The number of hydrazine groups is 1. The first-order valence-electron chi connectivity index (χ1n) is 9.05. The fourth-order valence-corrected chi connectivity index (χ4v) is 3.60. The first-order chi connectivity index (χ1) is 13.8. The number of methoxy groups -OCH3 is 2. The number of ether oxygens (including phenoxy) is 3. The zero-order chi connectivity index (χ0) is 21.2. The SMILES string of the molecule is CCOc1ccc(C2NNC(C(F)(F)F)C2c2ccc(OC)c(OC)c2)c(O)c1. The van der Waals surface area contributed by atoms with Crippen molar-refractivity contribution in [3.05, 3.63) is 47.5 Å². The number of aromatic hydroxyl groups is 1. The number of benzene rings is 2. The minimum absolute atomic E-state index is 0.149. The van der Waals surface area contributed by atoms with E-state index < -0.39 is 24.2 Å². The maximum atomic E-state index is 13.7. The summed E-state index contributed by atoms with van der Waals surface area (Å²) in [5.41, 5.74) is 5.75. The van der Waals surface area contributed by atoms with Crippen molar-refractivity contribution < 1.29 is 32.5 Å². The molecular formula is C20H23F3N2O4. The fourth-order valence-electron chi connectivity index (χ4n) is 3.60. The normalized spacial score (nSPS) is 21.8. The van der Waals surface area contributed by atoms with Crippen molar-refractivity contribution in [3.8, 4) is 23.0 Å². The predicted molar refractivity (Wildman–Crippen MR) is 100 cm³/mol. The summed E-state index contributed by atoms with van der Waals surface area (Å²) in [7, 11) is 2.87. The van der Waals surface area contributed by atoms with Gasteiger partial charge in [0.2, 0.25) is 0 Å². The molecule has 1 saturated heterocycles. The molecule has 29 heavy (non-hydrogen) atoms. The Kier molecular flexibility index (Phi) is 6.09. The minimum atomic E-state index is -4.51. The van der Waals surface area contributed by atoms with Gasteiger partial charge in [-0.25, -0.2) is 10.9 Å². The Morgan fingerprint density at radius 2 is 1.72 bits per heavy atom. The molecule has 0 spiro atoms. The lowest BCUT2D eigenvalue weighted by atomic mass is 9.83. The third-order valence-corrected chi connectivity index (χ3v) is 4.91. The van der Waals surface area contributed by atoms with Crippen LogP contribution >= 0.6 is 0 Å². The maximum Gasteiger partial charge on any atom is 0.405 e. The van der Waals surface area contributed by atoms with Crippen LogP contribution in [0.3, 0.4) is 0 Å². The van der Waals surface area contributed by atoms with Gasteiger partial charge in [-0.1, -0.05) is 12.1 Å². The molecule has 0 bridgehead atoms. The van der Waals surface area contributed by atoms with E-state index in [1.807, 2.05) is 0 Å². The van der Waals surface area contributed by atoms with E-state index in [1.54, 1.807) is 31.2 Å². The van der Waals surface area contributed by atoms with Crippen molar-refractivity contribution in [2.75, 3.05) is 20.8 Å². The van der Waals surface area contributed by atoms with Gasteiger partial charge >= 0.3 is 6.18 Å². The summed E-state index contributed by atoms with van der Waals surface area (Å²) >= 11 is 0. The van der Waals surface area contributed by atoms with Crippen molar-refractivity contribution in [3.63, 3.8) is 0 Å². The molecule has 0 amide bonds. The summed E-state index contributed by atoms with van der Waals surface area (Å²) in [6, 6.07) is 6.53. The van der Waals surface area contributed by atoms with Crippen molar-refractivity contribution in [2.24, 2.45) is 0 Å². The van der Waals surface area contributed by atoms with Crippen molar-refractivity contribution in [1.29, 1.82) is 0 Å². The highest BCUT2D eigenvalue weighted by Crippen LogP contribution is 2.47. The zero-order valence-corrected chi connectivity index (χ0v) is 16.2. The summed E-state index contributed by atoms with van der Waals surface area (Å²) in [5, 5.41) is 10.4. The molecule has 0 radical (unpaired) electrons. The van der Waals surface area contributed by atoms with Crippen LogP contribution in [0.25, 0.3) is 0 Å². The van der Waals surface area contributed by atoms with Gasteiger partial charge in [0.05, 0.1) is 26.9 Å². The molecule has 1 aliphatic heterocycles. The third kappa shape index (κ3) is 4.20. The van der Waals surface area contributed by atoms with Crippen molar-refractivity contribution >= 4 is 0 Å². The quantitative estimate of drug-likeness (QED) is 0.673. The van der Waals surface area contributed by atoms with Crippen LogP contribution in [0.2, 0.25) is 0 Å². The molecule has 0 aromatic heterocycles. The molecule has 3 rings (SSSR count). The van der Waals surface area contributed by atoms with Gasteiger partial charge in [-0.15, -0.1) is 0 Å². The summed E-state index contributed by atoms with van der Waals surface area (Å²) in [5.74, 6) is -0.0244. The average Bonchev–Trinajstić information content (AvgIpc) is 3.13. The number of alkyl halides is 3. The monoisotopic (exact) mass is 412 g/mol. The van der Waals surface area contributed by atoms with Gasteiger partial charge in [0.15, 0.2) is 11.5 Å². The van der Waals surface area contributed by atoms with E-state index in [-0.39, 0.29) is 5.75 Å². The molecule has 6 nitrogen and oxygen atoms in total. The van der Waals surface area contributed by atoms with Gasteiger partial charge in [-0.05, 0) is 30.7 Å². The number of hydrogen-bond donors (Lipinski definition) is 3. The van der Waals surface area contributed by atoms with E-state index in [9.17, 15) is 18.3 Å². The summed E-state index contributed by atoms with van der Waals surface area (Å²) in [6.45, 7) is 2.21. The number of rotatable bonds is 6. The Morgan fingerprint density at radius 3 is 2.31 bits per heavy atom. The van der Waals surface area contributed by atoms with Crippen LogP contribution in [0, 0.1) is 0 Å². The van der Waals surface area contributed by atoms with Gasteiger partial charge < -0.3 is 19.3 Å². The lowest BCUT2D eigenvalue weighted by molar-refractivity contribution is -0.156. The average molecular weight is 412 g/mol. The molecule has 2 aromatic rings. The Labute approximate surface area is 166 Å². The summed E-state index contributed by atoms with van der Waals surface area (Å²) in [6.07, 6.45) is -4.51. The molecule has 2 aromatic carbocycles. The van der Waals surface area contributed by atoms with Gasteiger partial charge in [-0.3, -0.25) is 0 Å². The second-order valence-electron chi connectivity index (χ2n) is 6.58. The van der Waals surface area contributed by atoms with Crippen molar-refractivity contribution in [2.45, 2.75) is 31.1 Å². The number of hydrogen-bond acceptors (Lipinski definition) is 6. The summed E-state index contributed by atoms with van der Waals surface area (Å²) < 4.78 is 57.0. The maximum absolute atomic E-state index is 13.7. The van der Waals surface area contributed by atoms with E-state index in [0.29, 0.717) is 35.0 Å². The third-order valence-electron chi connectivity index (χ3n) is 4.91. The molecule has 158 valence electrons. The fraction of sp³-hybridized carbons (Fsp3) is 0.400. The molecule has 0 aliphatic carbocycles. The number of nitrogens with one attached hydrogen (secondary N) is 2. The second kappa shape index (κ2) is 8.38. The van der Waals surface area contributed by atoms with Crippen LogP contribution in [0.15, 0.2) is 36.4 Å². The molecule has 3 atom stereocenters. The van der Waals surface area contributed by atoms with E-state index in [4.69, 9.17) is 14.2 Å². The predicted octanol–water partition coefficient (Wildman–Crippen LogP) is 3.67. The Hall–Kier alpha value is -2.65. The second-order valence-corrected chi connectivity index (χ2v) is 6.58. The highest BCUT2D eigenvalue weighted by molar-refractivity contribution is 5.48. The van der Waals surface area contributed by atoms with Gasteiger partial charge in [0.25, 0.3) is 0 Å². The Balaban J connectivity index is 2.05. The largest absolute Gasteiger partial charge is 0.507 e. The summed E-state index contributed by atoms with van der Waals surface area (Å²) in [4.78, 5) is 0. The van der Waals surface area contributed by atoms with Crippen LogP contribution in [0.1, 0.15) is 30.0 Å². The van der Waals surface area contributed by atoms with Crippen LogP contribution in [-0.2, 0) is 0 Å². The molecule has 3 unspecified atom stereocenters. The Morgan fingerprint density at radius 1 is 1.00 bits per heavy atom. The lowest BCUT2D eigenvalue weighted by Crippen LogP contribution is -2.43. The van der Waals surface area contributed by atoms with Gasteiger partial charge in [-0.2, -0.15) is 13.2 Å². The molecule has 9 heteroatoms. The number of halogens is 3. The highest BCUT2D eigenvalue weighted by Gasteiger charge is 2.52. The first kappa shape index (κ1) is 21.1. The smallest absolute Gasteiger partial charge is 0.405 e. The zero-order valence-electron chi connectivity index (χ0n) is 16.2. The minimum Gasteiger partial charge on any atom is -0.507 e. The molecule has 0 saturated carbocycles. The van der Waals surface area contributed by atoms with Crippen LogP contribution in [-0.4, -0.2) is 38.2 Å². The lowest BCUT2D eigenvalue weighted by Gasteiger charge is -2.26. The number of phenolic OH excluding ortho intramolecular Hbond substituents is 1. The van der Waals surface area contributed by atoms with Gasteiger partial charge in [0.1, 0.15) is 17.5 Å². The molecule has 3 N–H and O–H groups in total. The van der Waals surface area contributed by atoms with E-state index in [2.05, 4.69) is 10.9 Å². The Bertz CT molecular complexity index is 860. The first-order valence-corrected chi connectivity index (χ1v) is 9.05. The molecule has 1 fully saturated rings. The van der Waals surface area contributed by atoms with Crippen LogP contribution in [0.5, 0.6) is 23.0 Å².